The molecule has 2 heterocycles. The fraction of sp³-hybridized carbons (Fsp3) is 0.604. The number of nitrogens with one attached hydrogen (secondary N) is 2. The third kappa shape index (κ3) is 11.0. The van der Waals surface area contributed by atoms with Crippen LogP contribution in [0.2, 0.25) is 0 Å². The first kappa shape index (κ1) is 49.3. The van der Waals surface area contributed by atoms with E-state index in [0.717, 1.165) is 64.2 Å². The molecular weight excluding hydrogens is 870 g/mol. The normalized spacial score (nSPS) is 25.6. The highest BCUT2D eigenvalue weighted by Gasteiger charge is 2.60. The summed E-state index contributed by atoms with van der Waals surface area (Å²) in [4.78, 5) is 79.6. The first-order chi connectivity index (χ1) is 32.9. The van der Waals surface area contributed by atoms with Gasteiger partial charge in [-0.15, -0.1) is 0 Å². The van der Waals surface area contributed by atoms with Gasteiger partial charge in [0.1, 0.15) is 19.0 Å². The monoisotopic (exact) mass is 938 g/mol. The number of ether oxygens (including phenoxy) is 3. The lowest BCUT2D eigenvalue weighted by molar-refractivity contribution is -0.138. The number of aromatic amines is 1. The van der Waals surface area contributed by atoms with E-state index in [-0.39, 0.29) is 85.0 Å². The minimum atomic E-state index is -0.635. The summed E-state index contributed by atoms with van der Waals surface area (Å²) >= 11 is 0. The fourth-order valence-corrected chi connectivity index (χ4v) is 12.5. The van der Waals surface area contributed by atoms with Crippen molar-refractivity contribution >= 4 is 40.1 Å². The van der Waals surface area contributed by atoms with E-state index in [1.54, 1.807) is 29.2 Å². The van der Waals surface area contributed by atoms with Crippen LogP contribution in [0.25, 0.3) is 10.8 Å². The SMILES string of the molecule is C[C@]12CCC3[C@@H](CCC4=CC(=O)CC[C@@]43C)[C@@H]1CC[C@@H]2C(=O)COCCCCCC(=O)NCCOCCOCC(=O)N1CCN(C(=O)c2cc(Cc3n[nH]c(=O)c4ccccc34)ccc2F)CC1. The molecule has 3 aromatic rings. The molecule has 2 aromatic carbocycles. The lowest BCUT2D eigenvalue weighted by Gasteiger charge is -2.58. The molecule has 1 saturated heterocycles. The molecule has 68 heavy (non-hydrogen) atoms. The number of nitrogens with zero attached hydrogens (tertiary/aromatic N) is 3. The molecule has 0 spiro atoms. The molecule has 14 nitrogen and oxygen atoms in total. The Morgan fingerprint density at radius 2 is 1.57 bits per heavy atom. The number of ketones is 2. The second kappa shape index (κ2) is 22.1. The Bertz CT molecular complexity index is 2430. The van der Waals surface area contributed by atoms with Crippen LogP contribution in [0, 0.1) is 40.3 Å². The molecule has 1 aromatic heterocycles. The molecule has 5 aliphatic rings. The van der Waals surface area contributed by atoms with Gasteiger partial charge < -0.3 is 29.3 Å². The van der Waals surface area contributed by atoms with Gasteiger partial charge in [0.05, 0.1) is 36.5 Å². The average Bonchev–Trinajstić information content (AvgIpc) is 3.71. The van der Waals surface area contributed by atoms with Crippen molar-refractivity contribution in [2.45, 2.75) is 97.3 Å². The molecule has 366 valence electrons. The highest BCUT2D eigenvalue weighted by molar-refractivity contribution is 5.95. The Morgan fingerprint density at radius 3 is 2.40 bits per heavy atom. The smallest absolute Gasteiger partial charge is 0.272 e. The van der Waals surface area contributed by atoms with Crippen molar-refractivity contribution < 1.29 is 42.6 Å². The van der Waals surface area contributed by atoms with E-state index in [1.807, 2.05) is 12.1 Å². The van der Waals surface area contributed by atoms with E-state index < -0.39 is 11.7 Å². The van der Waals surface area contributed by atoms with Gasteiger partial charge in [0.25, 0.3) is 11.5 Å². The van der Waals surface area contributed by atoms with Crippen LogP contribution >= 0.6 is 0 Å². The van der Waals surface area contributed by atoms with Crippen LogP contribution in [-0.2, 0) is 39.8 Å². The molecule has 3 saturated carbocycles. The Kier molecular flexibility index (Phi) is 16.0. The highest BCUT2D eigenvalue weighted by Crippen LogP contribution is 2.66. The maximum Gasteiger partial charge on any atom is 0.272 e. The first-order valence-corrected chi connectivity index (χ1v) is 24.9. The summed E-state index contributed by atoms with van der Waals surface area (Å²) in [5.74, 6) is 1.08. The van der Waals surface area contributed by atoms with E-state index >= 15 is 0 Å². The van der Waals surface area contributed by atoms with Crippen LogP contribution in [0.3, 0.4) is 0 Å². The van der Waals surface area contributed by atoms with Gasteiger partial charge in [-0.1, -0.05) is 50.1 Å². The van der Waals surface area contributed by atoms with E-state index in [1.165, 1.54) is 22.6 Å². The largest absolute Gasteiger partial charge is 0.377 e. The number of aromatic nitrogens is 2. The number of carbonyl (C=O) groups is 5. The number of Topliss-reactive ketones (excluding diaryl/α,β-unsaturated/α-hetero) is 1. The molecule has 4 aliphatic carbocycles. The van der Waals surface area contributed by atoms with Crippen molar-refractivity contribution in [3.63, 3.8) is 0 Å². The van der Waals surface area contributed by atoms with Crippen LogP contribution in [0.15, 0.2) is 58.9 Å². The minimum absolute atomic E-state index is 0.0363. The van der Waals surface area contributed by atoms with Gasteiger partial charge in [-0.25, -0.2) is 9.49 Å². The zero-order chi connectivity index (χ0) is 47.8. The molecular formula is C53H68FN5O9. The summed E-state index contributed by atoms with van der Waals surface area (Å²) in [6.07, 6.45) is 13.1. The predicted octanol–water partition coefficient (Wildman–Crippen LogP) is 6.38. The predicted molar refractivity (Wildman–Crippen MR) is 253 cm³/mol. The number of carbonyl (C=O) groups excluding carboxylic acids is 5. The molecule has 1 unspecified atom stereocenters. The molecule has 0 bridgehead atoms. The van der Waals surface area contributed by atoms with Crippen LogP contribution in [0.5, 0.6) is 0 Å². The second-order valence-corrected chi connectivity index (χ2v) is 20.2. The molecule has 1 aliphatic heterocycles. The van der Waals surface area contributed by atoms with Crippen LogP contribution < -0.4 is 10.9 Å². The zero-order valence-electron chi connectivity index (χ0n) is 39.8. The minimum Gasteiger partial charge on any atom is -0.377 e. The third-order valence-electron chi connectivity index (χ3n) is 16.3. The fourth-order valence-electron chi connectivity index (χ4n) is 12.5. The number of rotatable bonds is 20. The number of hydrogen-bond acceptors (Lipinski definition) is 10. The summed E-state index contributed by atoms with van der Waals surface area (Å²) in [6, 6.07) is 11.5. The Morgan fingerprint density at radius 1 is 0.809 bits per heavy atom. The third-order valence-corrected chi connectivity index (χ3v) is 16.3. The van der Waals surface area contributed by atoms with Crippen LogP contribution in [-0.4, -0.2) is 122 Å². The maximum atomic E-state index is 14.9. The summed E-state index contributed by atoms with van der Waals surface area (Å²) in [5, 5.41) is 10.8. The first-order valence-electron chi connectivity index (χ1n) is 24.9. The van der Waals surface area contributed by atoms with E-state index in [9.17, 15) is 33.2 Å². The number of amides is 3. The number of unbranched alkanes of at least 4 members (excludes halogenated alkanes) is 2. The van der Waals surface area contributed by atoms with Gasteiger partial charge in [-0.3, -0.25) is 28.8 Å². The Balaban J connectivity index is 0.631. The molecule has 15 heteroatoms. The zero-order valence-corrected chi connectivity index (χ0v) is 39.8. The molecule has 6 atom stereocenters. The van der Waals surface area contributed by atoms with Crippen LogP contribution in [0.4, 0.5) is 4.39 Å². The van der Waals surface area contributed by atoms with Crippen molar-refractivity contribution in [1.82, 2.24) is 25.3 Å². The Labute approximate surface area is 398 Å². The number of benzene rings is 2. The lowest BCUT2D eigenvalue weighted by Crippen LogP contribution is -2.51. The molecule has 4 fully saturated rings. The van der Waals surface area contributed by atoms with E-state index in [4.69, 9.17) is 14.2 Å². The summed E-state index contributed by atoms with van der Waals surface area (Å²) in [6.45, 7) is 7.54. The topological polar surface area (TPSA) is 177 Å². The number of fused-ring (bicyclic) bond motifs is 6. The van der Waals surface area contributed by atoms with Crippen molar-refractivity contribution in [2.75, 3.05) is 72.4 Å². The van der Waals surface area contributed by atoms with Gasteiger partial charge >= 0.3 is 0 Å². The molecule has 3 amide bonds. The Hall–Kier alpha value is -5.12. The van der Waals surface area contributed by atoms with E-state index in [0.29, 0.717) is 97.7 Å². The van der Waals surface area contributed by atoms with E-state index in [2.05, 4.69) is 29.4 Å². The van der Waals surface area contributed by atoms with Gasteiger partial charge in [0.2, 0.25) is 11.8 Å². The molecule has 2 N–H and O–H groups in total. The summed E-state index contributed by atoms with van der Waals surface area (Å²) in [7, 11) is 0. The number of H-pyrrole nitrogens is 1. The van der Waals surface area contributed by atoms with Crippen molar-refractivity contribution in [3.05, 3.63) is 87.1 Å². The summed E-state index contributed by atoms with van der Waals surface area (Å²) in [5.41, 5.74) is 2.49. The number of halogens is 1. The molecule has 8 rings (SSSR count). The van der Waals surface area contributed by atoms with Gasteiger partial charge in [0.15, 0.2) is 11.6 Å². The van der Waals surface area contributed by atoms with Crippen LogP contribution in [0.1, 0.15) is 113 Å². The quantitative estimate of drug-likeness (QED) is 0.121. The number of piperazine rings is 1. The standard InChI is InChI=1S/C53H68FN5O9/c1-52-19-17-37(60)32-36(52)12-13-40-42-14-15-44(53(42,2)20-18-43(40)52)47(61)33-67-26-7-3-4-10-48(62)55-21-27-66-28-29-68-34-49(63)58-22-24-59(25-23-58)51(65)41-30-35(11-16-45(41)54)31-46-38-8-5-6-9-39(38)50(64)57-56-46/h5-6,8-9,11,16,30,32,40,42-44H,3-4,7,10,12-15,17-29,31,33-34H2,1-2H3,(H,55,62)(H,57,64)/t40-,42-,43?,44+,52-,53-/m0/s1. The highest BCUT2D eigenvalue weighted by atomic mass is 19.1. The second-order valence-electron chi connectivity index (χ2n) is 20.2. The van der Waals surface area contributed by atoms with Gasteiger partial charge in [0, 0.05) is 69.9 Å². The van der Waals surface area contributed by atoms with Crippen molar-refractivity contribution in [2.24, 2.45) is 34.5 Å². The number of hydrogen-bond donors (Lipinski definition) is 2. The van der Waals surface area contributed by atoms with Crippen molar-refractivity contribution in [1.29, 1.82) is 0 Å². The maximum absolute atomic E-state index is 14.9. The lowest BCUT2D eigenvalue weighted by atomic mass is 9.46. The van der Waals surface area contributed by atoms with Crippen molar-refractivity contribution in [3.8, 4) is 0 Å². The summed E-state index contributed by atoms with van der Waals surface area (Å²) < 4.78 is 31.9. The molecule has 0 radical (unpaired) electrons. The van der Waals surface area contributed by atoms with Gasteiger partial charge in [-0.05, 0) is 116 Å². The number of allylic oxidation sites excluding steroid dienone is 1. The van der Waals surface area contributed by atoms with Gasteiger partial charge in [-0.2, -0.15) is 5.10 Å². The average molecular weight is 938 g/mol.